The van der Waals surface area contributed by atoms with Gasteiger partial charge in [0.2, 0.25) is 0 Å². The highest BCUT2D eigenvalue weighted by Crippen LogP contribution is 2.25. The highest BCUT2D eigenvalue weighted by Gasteiger charge is 2.09. The SMILES string of the molecule is CCCCCCCCOC(=O)CC(=O)C=Cc1c(Cl)cccc1Cl. The molecule has 0 bridgehead atoms. The van der Waals surface area contributed by atoms with Crippen LogP contribution in [-0.2, 0) is 14.3 Å². The molecule has 1 aromatic rings. The van der Waals surface area contributed by atoms with Gasteiger partial charge in [-0.2, -0.15) is 0 Å². The van der Waals surface area contributed by atoms with Crippen molar-refractivity contribution >= 4 is 41.0 Å². The van der Waals surface area contributed by atoms with E-state index in [1.807, 2.05) is 0 Å². The molecule has 0 aliphatic carbocycles. The Labute approximate surface area is 154 Å². The van der Waals surface area contributed by atoms with Crippen molar-refractivity contribution < 1.29 is 14.3 Å². The van der Waals surface area contributed by atoms with E-state index in [1.54, 1.807) is 18.2 Å². The maximum Gasteiger partial charge on any atom is 0.313 e. The van der Waals surface area contributed by atoms with Crippen LogP contribution in [0.15, 0.2) is 24.3 Å². The van der Waals surface area contributed by atoms with Crippen LogP contribution in [0, 0.1) is 0 Å². The third-order valence-corrected chi connectivity index (χ3v) is 4.17. The van der Waals surface area contributed by atoms with Crippen molar-refractivity contribution in [1.82, 2.24) is 0 Å². The van der Waals surface area contributed by atoms with E-state index < -0.39 is 5.97 Å². The van der Waals surface area contributed by atoms with E-state index in [4.69, 9.17) is 27.9 Å². The van der Waals surface area contributed by atoms with Crippen LogP contribution in [0.4, 0.5) is 0 Å². The number of unbranched alkanes of at least 4 members (excludes halogenated alkanes) is 5. The van der Waals surface area contributed by atoms with Crippen LogP contribution in [0.2, 0.25) is 10.0 Å². The second-order valence-corrected chi connectivity index (χ2v) is 6.41. The summed E-state index contributed by atoms with van der Waals surface area (Å²) in [5, 5.41) is 0.911. The van der Waals surface area contributed by atoms with E-state index in [1.165, 1.54) is 31.4 Å². The molecule has 0 spiro atoms. The average Bonchev–Trinajstić information content (AvgIpc) is 2.53. The molecular formula is C19H24Cl2O3. The molecule has 0 saturated heterocycles. The standard InChI is InChI=1S/C19H24Cl2O3/c1-2-3-4-5-6-7-13-24-19(23)14-15(22)11-12-16-17(20)9-8-10-18(16)21/h8-12H,2-7,13-14H2,1H3. The highest BCUT2D eigenvalue weighted by molar-refractivity contribution is 6.37. The number of esters is 1. The molecule has 5 heteroatoms. The van der Waals surface area contributed by atoms with Gasteiger partial charge in [-0.05, 0) is 30.7 Å². The molecule has 132 valence electrons. The zero-order chi connectivity index (χ0) is 17.8. The topological polar surface area (TPSA) is 43.4 Å². The number of carbonyl (C=O) groups excluding carboxylic acids is 2. The first kappa shape index (κ1) is 20.7. The third-order valence-electron chi connectivity index (χ3n) is 3.52. The van der Waals surface area contributed by atoms with Crippen LogP contribution in [-0.4, -0.2) is 18.4 Å². The van der Waals surface area contributed by atoms with Crippen molar-refractivity contribution in [2.24, 2.45) is 0 Å². The molecule has 0 aliphatic heterocycles. The van der Waals surface area contributed by atoms with Crippen molar-refractivity contribution in [3.8, 4) is 0 Å². The summed E-state index contributed by atoms with van der Waals surface area (Å²) in [4.78, 5) is 23.4. The molecule has 0 saturated carbocycles. The Hall–Kier alpha value is -1.32. The fraction of sp³-hybridized carbons (Fsp3) is 0.474. The monoisotopic (exact) mass is 370 g/mol. The Morgan fingerprint density at radius 1 is 1.04 bits per heavy atom. The number of hydrogen-bond donors (Lipinski definition) is 0. The Kier molecular flexibility index (Phi) is 10.4. The number of allylic oxidation sites excluding steroid dienone is 1. The summed E-state index contributed by atoms with van der Waals surface area (Å²) in [6.07, 6.45) is 9.28. The van der Waals surface area contributed by atoms with Gasteiger partial charge in [0.25, 0.3) is 0 Å². The van der Waals surface area contributed by atoms with Gasteiger partial charge < -0.3 is 4.74 Å². The molecule has 0 amide bonds. The molecule has 0 N–H and O–H groups in total. The predicted octanol–water partition coefficient (Wildman–Crippen LogP) is 5.87. The zero-order valence-electron chi connectivity index (χ0n) is 14.0. The molecule has 1 aromatic carbocycles. The summed E-state index contributed by atoms with van der Waals surface area (Å²) in [6.45, 7) is 2.55. The molecule has 0 unspecified atom stereocenters. The quantitative estimate of drug-likeness (QED) is 0.211. The van der Waals surface area contributed by atoms with Gasteiger partial charge in [0.15, 0.2) is 5.78 Å². The normalized spacial score (nSPS) is 11.0. The van der Waals surface area contributed by atoms with E-state index in [-0.39, 0.29) is 12.2 Å². The summed E-state index contributed by atoms with van der Waals surface area (Å²) in [5.41, 5.74) is 0.564. The maximum atomic E-state index is 11.8. The fourth-order valence-corrected chi connectivity index (χ4v) is 2.69. The second kappa shape index (κ2) is 12.1. The molecule has 0 aliphatic rings. The van der Waals surface area contributed by atoms with Crippen LogP contribution in [0.1, 0.15) is 57.4 Å². The van der Waals surface area contributed by atoms with Crippen molar-refractivity contribution in [3.63, 3.8) is 0 Å². The van der Waals surface area contributed by atoms with Gasteiger partial charge >= 0.3 is 5.97 Å². The number of carbonyl (C=O) groups is 2. The molecule has 0 radical (unpaired) electrons. The summed E-state index contributed by atoms with van der Waals surface area (Å²) in [7, 11) is 0. The lowest BCUT2D eigenvalue weighted by Gasteiger charge is -2.04. The minimum atomic E-state index is -0.497. The minimum absolute atomic E-state index is 0.269. The van der Waals surface area contributed by atoms with E-state index in [0.29, 0.717) is 22.2 Å². The largest absolute Gasteiger partial charge is 0.465 e. The highest BCUT2D eigenvalue weighted by atomic mass is 35.5. The van der Waals surface area contributed by atoms with E-state index in [2.05, 4.69) is 6.92 Å². The van der Waals surface area contributed by atoms with Crippen LogP contribution in [0.25, 0.3) is 6.08 Å². The van der Waals surface area contributed by atoms with Gasteiger partial charge in [-0.1, -0.05) is 68.3 Å². The number of halogens is 2. The van der Waals surface area contributed by atoms with Gasteiger partial charge in [0.1, 0.15) is 6.42 Å². The van der Waals surface area contributed by atoms with E-state index in [9.17, 15) is 9.59 Å². The zero-order valence-corrected chi connectivity index (χ0v) is 15.5. The van der Waals surface area contributed by atoms with Crippen LogP contribution in [0.3, 0.4) is 0 Å². The molecule has 0 fully saturated rings. The maximum absolute atomic E-state index is 11.8. The van der Waals surface area contributed by atoms with Gasteiger partial charge in [-0.15, -0.1) is 0 Å². The Bertz CT molecular complexity index is 547. The number of hydrogen-bond acceptors (Lipinski definition) is 3. The number of ether oxygens (including phenoxy) is 1. The molecular weight excluding hydrogens is 347 g/mol. The lowest BCUT2D eigenvalue weighted by Crippen LogP contribution is -2.10. The molecule has 1 rings (SSSR count). The molecule has 24 heavy (non-hydrogen) atoms. The van der Waals surface area contributed by atoms with Crippen molar-refractivity contribution in [2.45, 2.75) is 51.9 Å². The predicted molar refractivity (Wildman–Crippen MR) is 99.5 cm³/mol. The van der Waals surface area contributed by atoms with Crippen LogP contribution < -0.4 is 0 Å². The summed E-state index contributed by atoms with van der Waals surface area (Å²) in [5.74, 6) is -0.831. The van der Waals surface area contributed by atoms with Gasteiger partial charge in [0, 0.05) is 15.6 Å². The fourth-order valence-electron chi connectivity index (χ4n) is 2.17. The average molecular weight is 371 g/mol. The number of ketones is 1. The summed E-state index contributed by atoms with van der Waals surface area (Å²) >= 11 is 12.0. The smallest absolute Gasteiger partial charge is 0.313 e. The first-order valence-electron chi connectivity index (χ1n) is 8.35. The van der Waals surface area contributed by atoms with Crippen molar-refractivity contribution in [3.05, 3.63) is 39.9 Å². The molecule has 3 nitrogen and oxygen atoms in total. The second-order valence-electron chi connectivity index (χ2n) is 5.60. The van der Waals surface area contributed by atoms with Crippen molar-refractivity contribution in [2.75, 3.05) is 6.61 Å². The van der Waals surface area contributed by atoms with Gasteiger partial charge in [0.05, 0.1) is 6.61 Å². The molecule has 0 aromatic heterocycles. The lowest BCUT2D eigenvalue weighted by atomic mass is 10.1. The van der Waals surface area contributed by atoms with Crippen LogP contribution in [0.5, 0.6) is 0 Å². The van der Waals surface area contributed by atoms with Crippen molar-refractivity contribution in [1.29, 1.82) is 0 Å². The third kappa shape index (κ3) is 8.51. The minimum Gasteiger partial charge on any atom is -0.465 e. The van der Waals surface area contributed by atoms with E-state index in [0.717, 1.165) is 19.3 Å². The number of rotatable bonds is 11. The van der Waals surface area contributed by atoms with Gasteiger partial charge in [-0.3, -0.25) is 9.59 Å². The summed E-state index contributed by atoms with van der Waals surface area (Å²) < 4.78 is 5.07. The Balaban J connectivity index is 2.27. The number of benzene rings is 1. The Morgan fingerprint density at radius 3 is 2.33 bits per heavy atom. The Morgan fingerprint density at radius 2 is 1.67 bits per heavy atom. The van der Waals surface area contributed by atoms with Crippen LogP contribution >= 0.6 is 23.2 Å². The van der Waals surface area contributed by atoms with Gasteiger partial charge in [-0.25, -0.2) is 0 Å². The first-order chi connectivity index (χ1) is 11.5. The van der Waals surface area contributed by atoms with E-state index >= 15 is 0 Å². The molecule has 0 heterocycles. The first-order valence-corrected chi connectivity index (χ1v) is 9.10. The lowest BCUT2D eigenvalue weighted by molar-refractivity contribution is -0.145. The molecule has 0 atom stereocenters. The summed E-state index contributed by atoms with van der Waals surface area (Å²) in [6, 6.07) is 5.10.